The minimum atomic E-state index is 0.294. The molecule has 0 aliphatic heterocycles. The Morgan fingerprint density at radius 2 is 2.04 bits per heavy atom. The number of aromatic nitrogens is 5. The summed E-state index contributed by atoms with van der Waals surface area (Å²) in [6, 6.07) is 6.43. The maximum absolute atomic E-state index is 4.52. The molecule has 3 heterocycles. The molecule has 0 aliphatic rings. The van der Waals surface area contributed by atoms with E-state index in [1.54, 1.807) is 6.33 Å². The van der Waals surface area contributed by atoms with Crippen LogP contribution in [-0.2, 0) is 0 Å². The molecule has 0 radical (unpaired) electrons. The van der Waals surface area contributed by atoms with E-state index >= 15 is 0 Å². The van der Waals surface area contributed by atoms with Crippen LogP contribution >= 0.6 is 0 Å². The molecule has 4 rings (SSSR count). The molecule has 0 unspecified atom stereocenters. The highest BCUT2D eigenvalue weighted by molar-refractivity contribution is 5.96. The summed E-state index contributed by atoms with van der Waals surface area (Å²) in [5.41, 5.74) is 3.92. The highest BCUT2D eigenvalue weighted by Gasteiger charge is 2.10. The highest BCUT2D eigenvalue weighted by Crippen LogP contribution is 2.29. The molecule has 1 aromatic carbocycles. The third-order valence-corrected chi connectivity index (χ3v) is 3.67. The predicted molar refractivity (Wildman–Crippen MR) is 91.2 cm³/mol. The molecule has 0 spiro atoms. The molecule has 0 saturated heterocycles. The zero-order chi connectivity index (χ0) is 15.8. The maximum Gasteiger partial charge on any atom is 0.224 e. The van der Waals surface area contributed by atoms with Gasteiger partial charge in [0.1, 0.15) is 12.0 Å². The zero-order valence-electron chi connectivity index (χ0n) is 12.9. The molecular formula is C17H16N6. The summed E-state index contributed by atoms with van der Waals surface area (Å²) in [4.78, 5) is 20.5. The number of anilines is 1. The topological polar surface area (TPSA) is 79.4 Å². The molecule has 6 heteroatoms. The van der Waals surface area contributed by atoms with E-state index in [1.807, 2.05) is 24.7 Å². The van der Waals surface area contributed by atoms with Crippen molar-refractivity contribution in [1.82, 2.24) is 24.9 Å². The average Bonchev–Trinajstić information content (AvgIpc) is 2.97. The van der Waals surface area contributed by atoms with E-state index in [4.69, 9.17) is 0 Å². The molecule has 0 aliphatic carbocycles. The van der Waals surface area contributed by atoms with Gasteiger partial charge < -0.3 is 10.3 Å². The van der Waals surface area contributed by atoms with Gasteiger partial charge in [-0.2, -0.15) is 4.98 Å². The Morgan fingerprint density at radius 3 is 2.91 bits per heavy atom. The molecule has 3 aromatic heterocycles. The number of aromatic amines is 1. The van der Waals surface area contributed by atoms with E-state index in [0.717, 1.165) is 33.1 Å². The van der Waals surface area contributed by atoms with Gasteiger partial charge in [0.25, 0.3) is 0 Å². The van der Waals surface area contributed by atoms with Crippen LogP contribution in [-0.4, -0.2) is 31.0 Å². The summed E-state index contributed by atoms with van der Waals surface area (Å²) in [6.45, 7) is 4.12. The van der Waals surface area contributed by atoms with Crippen molar-refractivity contribution in [2.24, 2.45) is 0 Å². The second-order valence-corrected chi connectivity index (χ2v) is 5.75. The normalized spacial score (nSPS) is 11.4. The number of hydrogen-bond acceptors (Lipinski definition) is 5. The summed E-state index contributed by atoms with van der Waals surface area (Å²) in [5.74, 6) is 0.632. The first-order valence-corrected chi connectivity index (χ1v) is 7.51. The standard InChI is InChI=1S/C17H16N6/c1-10(2)22-17-20-8-14-13(7-19-16(14)23-17)11-3-4-15-12(5-11)6-18-9-21-15/h3-10H,1-2H3,(H2,19,20,22,23). The van der Waals surface area contributed by atoms with E-state index < -0.39 is 0 Å². The SMILES string of the molecule is CC(C)Nc1ncc2c(-c3ccc4ncncc4c3)c[nH]c2n1. The van der Waals surface area contributed by atoms with Crippen molar-refractivity contribution >= 4 is 27.9 Å². The first-order chi connectivity index (χ1) is 11.2. The maximum atomic E-state index is 4.52. The van der Waals surface area contributed by atoms with E-state index in [9.17, 15) is 0 Å². The van der Waals surface area contributed by atoms with Crippen molar-refractivity contribution in [2.75, 3.05) is 5.32 Å². The average molecular weight is 304 g/mol. The summed E-state index contributed by atoms with van der Waals surface area (Å²) >= 11 is 0. The third kappa shape index (κ3) is 2.48. The molecule has 0 bridgehead atoms. The van der Waals surface area contributed by atoms with Gasteiger partial charge in [-0.15, -0.1) is 0 Å². The van der Waals surface area contributed by atoms with Crippen LogP contribution < -0.4 is 5.32 Å². The fraction of sp³-hybridized carbons (Fsp3) is 0.176. The van der Waals surface area contributed by atoms with Crippen molar-refractivity contribution in [2.45, 2.75) is 19.9 Å². The van der Waals surface area contributed by atoms with Crippen molar-refractivity contribution in [3.05, 3.63) is 43.1 Å². The second kappa shape index (κ2) is 5.31. The van der Waals surface area contributed by atoms with Crippen LogP contribution in [0.2, 0.25) is 0 Å². The Labute approximate surface area is 133 Å². The van der Waals surface area contributed by atoms with Crippen molar-refractivity contribution in [3.63, 3.8) is 0 Å². The first kappa shape index (κ1) is 13.6. The molecular weight excluding hydrogens is 288 g/mol. The van der Waals surface area contributed by atoms with E-state index in [0.29, 0.717) is 12.0 Å². The van der Waals surface area contributed by atoms with Gasteiger partial charge in [0.05, 0.1) is 5.52 Å². The van der Waals surface area contributed by atoms with Crippen LogP contribution in [0.5, 0.6) is 0 Å². The molecule has 114 valence electrons. The molecule has 2 N–H and O–H groups in total. The Kier molecular flexibility index (Phi) is 3.15. The lowest BCUT2D eigenvalue weighted by atomic mass is 10.0. The third-order valence-electron chi connectivity index (χ3n) is 3.67. The molecule has 0 saturated carbocycles. The second-order valence-electron chi connectivity index (χ2n) is 5.75. The van der Waals surface area contributed by atoms with Gasteiger partial charge in [-0.05, 0) is 31.5 Å². The van der Waals surface area contributed by atoms with Gasteiger partial charge in [0.15, 0.2) is 0 Å². The van der Waals surface area contributed by atoms with Gasteiger partial charge in [-0.1, -0.05) is 6.07 Å². The van der Waals surface area contributed by atoms with Gasteiger partial charge >= 0.3 is 0 Å². The van der Waals surface area contributed by atoms with Crippen LogP contribution in [0.25, 0.3) is 33.1 Å². The quantitative estimate of drug-likeness (QED) is 0.606. The van der Waals surface area contributed by atoms with Crippen molar-refractivity contribution in [3.8, 4) is 11.1 Å². The van der Waals surface area contributed by atoms with Crippen LogP contribution in [0.15, 0.2) is 43.1 Å². The minimum Gasteiger partial charge on any atom is -0.352 e. The van der Waals surface area contributed by atoms with Crippen LogP contribution in [0.3, 0.4) is 0 Å². The zero-order valence-corrected chi connectivity index (χ0v) is 12.9. The molecule has 23 heavy (non-hydrogen) atoms. The van der Waals surface area contributed by atoms with Gasteiger partial charge in [-0.3, -0.25) is 0 Å². The Hall–Kier alpha value is -3.02. The van der Waals surface area contributed by atoms with Crippen LogP contribution in [0.1, 0.15) is 13.8 Å². The minimum absolute atomic E-state index is 0.294. The first-order valence-electron chi connectivity index (χ1n) is 7.51. The lowest BCUT2D eigenvalue weighted by molar-refractivity contribution is 0.877. The van der Waals surface area contributed by atoms with Crippen LogP contribution in [0.4, 0.5) is 5.95 Å². The number of benzene rings is 1. The van der Waals surface area contributed by atoms with Gasteiger partial charge in [0.2, 0.25) is 5.95 Å². The molecule has 0 atom stereocenters. The van der Waals surface area contributed by atoms with E-state index in [1.165, 1.54) is 0 Å². The summed E-state index contributed by atoms with van der Waals surface area (Å²) < 4.78 is 0. The lowest BCUT2D eigenvalue weighted by Gasteiger charge is -2.07. The van der Waals surface area contributed by atoms with Gasteiger partial charge in [-0.25, -0.2) is 15.0 Å². The van der Waals surface area contributed by atoms with E-state index in [2.05, 4.69) is 56.2 Å². The number of H-pyrrole nitrogens is 1. The lowest BCUT2D eigenvalue weighted by Crippen LogP contribution is -2.12. The molecule has 4 aromatic rings. The predicted octanol–water partition coefficient (Wildman–Crippen LogP) is 3.39. The summed E-state index contributed by atoms with van der Waals surface area (Å²) in [5, 5.41) is 5.22. The molecule has 0 amide bonds. The molecule has 6 nitrogen and oxygen atoms in total. The Balaban J connectivity index is 1.81. The Morgan fingerprint density at radius 1 is 1.13 bits per heavy atom. The number of nitrogens with one attached hydrogen (secondary N) is 2. The Bertz CT molecular complexity index is 989. The number of hydrogen-bond donors (Lipinski definition) is 2. The number of fused-ring (bicyclic) bond motifs is 2. The summed E-state index contributed by atoms with van der Waals surface area (Å²) in [6.07, 6.45) is 7.20. The smallest absolute Gasteiger partial charge is 0.224 e. The molecule has 0 fully saturated rings. The highest BCUT2D eigenvalue weighted by atomic mass is 15.1. The van der Waals surface area contributed by atoms with Crippen LogP contribution in [0, 0.1) is 0 Å². The van der Waals surface area contributed by atoms with Crippen molar-refractivity contribution in [1.29, 1.82) is 0 Å². The number of nitrogens with zero attached hydrogens (tertiary/aromatic N) is 4. The number of rotatable bonds is 3. The largest absolute Gasteiger partial charge is 0.352 e. The summed E-state index contributed by atoms with van der Waals surface area (Å²) in [7, 11) is 0. The fourth-order valence-electron chi connectivity index (χ4n) is 2.63. The monoisotopic (exact) mass is 304 g/mol. The van der Waals surface area contributed by atoms with E-state index in [-0.39, 0.29) is 0 Å². The van der Waals surface area contributed by atoms with Crippen molar-refractivity contribution < 1.29 is 0 Å². The van der Waals surface area contributed by atoms with Gasteiger partial charge in [0, 0.05) is 41.0 Å². The fourth-order valence-corrected chi connectivity index (χ4v) is 2.63.